The van der Waals surface area contributed by atoms with Crippen LogP contribution in [0.4, 0.5) is 5.13 Å². The van der Waals surface area contributed by atoms with Crippen molar-refractivity contribution in [1.29, 1.82) is 0 Å². The highest BCUT2D eigenvalue weighted by molar-refractivity contribution is 7.92. The molecule has 0 atom stereocenters. The molecule has 0 radical (unpaired) electrons. The van der Waals surface area contributed by atoms with Crippen LogP contribution in [-0.2, 0) is 21.1 Å². The maximum absolute atomic E-state index is 12.5. The van der Waals surface area contributed by atoms with Gasteiger partial charge in [-0.3, -0.25) is 4.79 Å². The first kappa shape index (κ1) is 23.0. The third kappa shape index (κ3) is 5.51. The fraction of sp³-hybridized carbons (Fsp3) is 0.304. The molecular formula is C23H26N2O4S2. The maximum atomic E-state index is 12.5. The summed E-state index contributed by atoms with van der Waals surface area (Å²) in [5.41, 5.74) is 2.52. The quantitative estimate of drug-likeness (QED) is 0.520. The molecule has 3 aromatic rings. The second kappa shape index (κ2) is 9.62. The number of benzene rings is 2. The van der Waals surface area contributed by atoms with Crippen LogP contribution in [0.1, 0.15) is 31.2 Å². The Balaban J connectivity index is 1.67. The summed E-state index contributed by atoms with van der Waals surface area (Å²) in [6, 6.07) is 14.2. The van der Waals surface area contributed by atoms with Crippen molar-refractivity contribution in [3.63, 3.8) is 0 Å². The van der Waals surface area contributed by atoms with Gasteiger partial charge in [0.2, 0.25) is 5.91 Å². The third-order valence-corrected chi connectivity index (χ3v) is 7.78. The third-order valence-electron chi connectivity index (χ3n) is 4.72. The summed E-state index contributed by atoms with van der Waals surface area (Å²) in [6.45, 7) is 7.81. The summed E-state index contributed by atoms with van der Waals surface area (Å²) in [4.78, 5) is 18.3. The normalized spacial score (nSPS) is 11.5. The number of aryl methyl sites for hydroxylation is 1. The van der Waals surface area contributed by atoms with Crippen LogP contribution < -0.4 is 10.1 Å². The number of amides is 1. The molecule has 6 nitrogen and oxygen atoms in total. The van der Waals surface area contributed by atoms with E-state index in [0.29, 0.717) is 11.7 Å². The lowest BCUT2D eigenvalue weighted by molar-refractivity contribution is -0.115. The molecule has 0 unspecified atom stereocenters. The predicted molar refractivity (Wildman–Crippen MR) is 125 cm³/mol. The largest absolute Gasteiger partial charge is 0.494 e. The lowest BCUT2D eigenvalue weighted by Crippen LogP contribution is -2.15. The van der Waals surface area contributed by atoms with Crippen LogP contribution >= 0.6 is 11.3 Å². The average molecular weight is 459 g/mol. The molecule has 1 amide bonds. The van der Waals surface area contributed by atoms with Crippen LogP contribution in [0.5, 0.6) is 5.75 Å². The molecule has 1 heterocycles. The Kier molecular flexibility index (Phi) is 7.12. The van der Waals surface area contributed by atoms with Crippen molar-refractivity contribution >= 4 is 32.2 Å². The van der Waals surface area contributed by atoms with Crippen molar-refractivity contribution < 1.29 is 17.9 Å². The molecule has 0 saturated heterocycles. The van der Waals surface area contributed by atoms with E-state index in [9.17, 15) is 13.2 Å². The van der Waals surface area contributed by atoms with E-state index in [2.05, 4.69) is 10.3 Å². The number of carbonyl (C=O) groups is 1. The van der Waals surface area contributed by atoms with Crippen molar-refractivity contribution in [2.75, 3.05) is 11.9 Å². The van der Waals surface area contributed by atoms with Gasteiger partial charge in [0.1, 0.15) is 5.75 Å². The molecule has 0 aliphatic heterocycles. The Morgan fingerprint density at radius 2 is 1.74 bits per heavy atom. The monoisotopic (exact) mass is 458 g/mol. The van der Waals surface area contributed by atoms with E-state index in [0.717, 1.165) is 27.4 Å². The number of thiazole rings is 1. The molecule has 8 heteroatoms. The highest BCUT2D eigenvalue weighted by Crippen LogP contribution is 2.31. The fourth-order valence-corrected chi connectivity index (χ4v) is 4.92. The standard InChI is InChI=1S/C23H26N2O4S2/c1-5-29-19-10-8-18(9-11-19)22-16(4)30-23(25-22)24-21(26)14-17-6-12-20(13-7-17)31(27,28)15(2)3/h6-13,15H,5,14H2,1-4H3,(H,24,25,26). The van der Waals surface area contributed by atoms with Crippen LogP contribution in [0.15, 0.2) is 53.4 Å². The number of ether oxygens (including phenoxy) is 1. The summed E-state index contributed by atoms with van der Waals surface area (Å²) in [7, 11) is -3.32. The predicted octanol–water partition coefficient (Wildman–Crippen LogP) is 4.88. The molecule has 0 spiro atoms. The van der Waals surface area contributed by atoms with Gasteiger partial charge in [-0.05, 0) is 69.7 Å². The van der Waals surface area contributed by atoms with Crippen LogP contribution in [0, 0.1) is 6.92 Å². The van der Waals surface area contributed by atoms with E-state index in [4.69, 9.17) is 4.74 Å². The Labute approximate surface area is 187 Å². The maximum Gasteiger partial charge on any atom is 0.230 e. The Bertz CT molecular complexity index is 1150. The number of nitrogens with one attached hydrogen (secondary N) is 1. The first-order chi connectivity index (χ1) is 14.7. The summed E-state index contributed by atoms with van der Waals surface area (Å²) < 4.78 is 29.9. The average Bonchev–Trinajstić information content (AvgIpc) is 3.09. The van der Waals surface area contributed by atoms with Crippen molar-refractivity contribution in [2.24, 2.45) is 0 Å². The number of nitrogens with zero attached hydrogens (tertiary/aromatic N) is 1. The zero-order valence-corrected chi connectivity index (χ0v) is 19.6. The number of rotatable bonds is 8. The molecule has 0 bridgehead atoms. The van der Waals surface area contributed by atoms with E-state index in [-0.39, 0.29) is 17.2 Å². The highest BCUT2D eigenvalue weighted by Gasteiger charge is 2.19. The minimum Gasteiger partial charge on any atom is -0.494 e. The molecular weight excluding hydrogens is 432 g/mol. The molecule has 0 aliphatic rings. The molecule has 164 valence electrons. The molecule has 0 saturated carbocycles. The number of anilines is 1. The zero-order chi connectivity index (χ0) is 22.6. The van der Waals surface area contributed by atoms with Crippen LogP contribution in [-0.4, -0.2) is 31.2 Å². The van der Waals surface area contributed by atoms with E-state index in [1.165, 1.54) is 11.3 Å². The Morgan fingerprint density at radius 1 is 1.10 bits per heavy atom. The molecule has 1 aromatic heterocycles. The van der Waals surface area contributed by atoms with E-state index >= 15 is 0 Å². The first-order valence-electron chi connectivity index (χ1n) is 10.0. The van der Waals surface area contributed by atoms with E-state index < -0.39 is 15.1 Å². The SMILES string of the molecule is CCOc1ccc(-c2nc(NC(=O)Cc3ccc(S(=O)(=O)C(C)C)cc3)sc2C)cc1. The van der Waals surface area contributed by atoms with Gasteiger partial charge in [-0.25, -0.2) is 13.4 Å². The summed E-state index contributed by atoms with van der Waals surface area (Å²) in [6.07, 6.45) is 0.138. The van der Waals surface area contributed by atoms with Gasteiger partial charge in [0.15, 0.2) is 15.0 Å². The highest BCUT2D eigenvalue weighted by atomic mass is 32.2. The molecule has 2 aromatic carbocycles. The van der Waals surface area contributed by atoms with E-state index in [1.54, 1.807) is 38.1 Å². The van der Waals surface area contributed by atoms with Crippen molar-refractivity contribution in [3.8, 4) is 17.0 Å². The molecule has 0 fully saturated rings. The number of hydrogen-bond donors (Lipinski definition) is 1. The van der Waals surface area contributed by atoms with Crippen LogP contribution in [0.25, 0.3) is 11.3 Å². The lowest BCUT2D eigenvalue weighted by Gasteiger charge is -2.08. The van der Waals surface area contributed by atoms with Gasteiger partial charge >= 0.3 is 0 Å². The Hall–Kier alpha value is -2.71. The zero-order valence-electron chi connectivity index (χ0n) is 18.0. The Morgan fingerprint density at radius 3 is 2.32 bits per heavy atom. The van der Waals surface area contributed by atoms with Crippen LogP contribution in [0.2, 0.25) is 0 Å². The summed E-state index contributed by atoms with van der Waals surface area (Å²) in [5.74, 6) is 0.603. The van der Waals surface area contributed by atoms with Crippen molar-refractivity contribution in [1.82, 2.24) is 4.98 Å². The second-order valence-corrected chi connectivity index (χ2v) is 11.1. The molecule has 0 aliphatic carbocycles. The number of sulfone groups is 1. The molecule has 3 rings (SSSR count). The number of aromatic nitrogens is 1. The number of hydrogen-bond acceptors (Lipinski definition) is 6. The first-order valence-corrected chi connectivity index (χ1v) is 12.4. The molecule has 31 heavy (non-hydrogen) atoms. The van der Waals surface area contributed by atoms with Crippen molar-refractivity contribution in [2.45, 2.75) is 44.3 Å². The van der Waals surface area contributed by atoms with Gasteiger partial charge < -0.3 is 10.1 Å². The van der Waals surface area contributed by atoms with Gasteiger partial charge in [-0.15, -0.1) is 11.3 Å². The van der Waals surface area contributed by atoms with Crippen LogP contribution in [0.3, 0.4) is 0 Å². The fourth-order valence-electron chi connectivity index (χ4n) is 3.01. The van der Waals surface area contributed by atoms with E-state index in [1.807, 2.05) is 38.1 Å². The van der Waals surface area contributed by atoms with Gasteiger partial charge in [0, 0.05) is 10.4 Å². The topological polar surface area (TPSA) is 85.4 Å². The molecule has 1 N–H and O–H groups in total. The lowest BCUT2D eigenvalue weighted by atomic mass is 10.1. The van der Waals surface area contributed by atoms with Gasteiger partial charge in [0.25, 0.3) is 0 Å². The summed E-state index contributed by atoms with van der Waals surface area (Å²) in [5, 5.41) is 2.89. The smallest absolute Gasteiger partial charge is 0.230 e. The number of carbonyl (C=O) groups excluding carboxylic acids is 1. The minimum atomic E-state index is -3.32. The summed E-state index contributed by atoms with van der Waals surface area (Å²) >= 11 is 1.42. The van der Waals surface area contributed by atoms with Crippen molar-refractivity contribution in [3.05, 3.63) is 59.0 Å². The minimum absolute atomic E-state index is 0.138. The van der Waals surface area contributed by atoms with Gasteiger partial charge in [0.05, 0.1) is 28.9 Å². The van der Waals surface area contributed by atoms with Gasteiger partial charge in [-0.1, -0.05) is 12.1 Å². The van der Waals surface area contributed by atoms with Gasteiger partial charge in [-0.2, -0.15) is 0 Å². The second-order valence-electron chi connectivity index (χ2n) is 7.34.